The molecule has 2 aromatic carbocycles. The van der Waals surface area contributed by atoms with Crippen molar-refractivity contribution < 1.29 is 9.59 Å². The van der Waals surface area contributed by atoms with Crippen LogP contribution in [0.2, 0.25) is 5.02 Å². The normalized spacial score (nSPS) is 20.4. The van der Waals surface area contributed by atoms with Gasteiger partial charge in [-0.3, -0.25) is 14.5 Å². The van der Waals surface area contributed by atoms with E-state index in [2.05, 4.69) is 15.9 Å². The van der Waals surface area contributed by atoms with Crippen LogP contribution in [0.1, 0.15) is 37.2 Å². The Bertz CT molecular complexity index is 937. The van der Waals surface area contributed by atoms with Crippen molar-refractivity contribution in [3.05, 3.63) is 74.9 Å². The highest BCUT2D eigenvalue weighted by Gasteiger charge is 2.40. The highest BCUT2D eigenvalue weighted by molar-refractivity contribution is 9.10. The molecule has 0 fully saturated rings. The summed E-state index contributed by atoms with van der Waals surface area (Å²) in [4.78, 5) is 27.7. The summed E-state index contributed by atoms with van der Waals surface area (Å²) in [7, 11) is 0. The van der Waals surface area contributed by atoms with E-state index in [9.17, 15) is 9.59 Å². The van der Waals surface area contributed by atoms with Gasteiger partial charge in [-0.25, -0.2) is 0 Å². The number of allylic oxidation sites excluding steroid dienone is 2. The van der Waals surface area contributed by atoms with E-state index in [4.69, 9.17) is 11.6 Å². The van der Waals surface area contributed by atoms with E-state index in [1.807, 2.05) is 48.5 Å². The van der Waals surface area contributed by atoms with Crippen molar-refractivity contribution in [3.8, 4) is 0 Å². The molecule has 0 radical (unpaired) electrons. The molecule has 1 aliphatic heterocycles. The maximum atomic E-state index is 13.1. The minimum absolute atomic E-state index is 0.00438. The largest absolute Gasteiger partial charge is 0.294 e. The Hall–Kier alpha value is -1.91. The number of halogens is 2. The number of carbonyl (C=O) groups excluding carboxylic acids is 2. The molecule has 0 bridgehead atoms. The zero-order valence-corrected chi connectivity index (χ0v) is 16.4. The lowest BCUT2D eigenvalue weighted by atomic mass is 9.77. The van der Waals surface area contributed by atoms with Gasteiger partial charge in [0, 0.05) is 39.5 Å². The van der Waals surface area contributed by atoms with Gasteiger partial charge < -0.3 is 0 Å². The molecule has 3 nitrogen and oxygen atoms in total. The number of hydrogen-bond donors (Lipinski definition) is 0. The Balaban J connectivity index is 1.91. The predicted molar refractivity (Wildman–Crippen MR) is 106 cm³/mol. The van der Waals surface area contributed by atoms with Crippen LogP contribution < -0.4 is 4.90 Å². The molecular weight excluding hydrogens is 414 g/mol. The van der Waals surface area contributed by atoms with Crippen molar-refractivity contribution in [2.24, 2.45) is 0 Å². The van der Waals surface area contributed by atoms with Crippen molar-refractivity contribution in [3.63, 3.8) is 0 Å². The second kappa shape index (κ2) is 7.01. The fourth-order valence-corrected chi connectivity index (χ4v) is 4.66. The first-order chi connectivity index (χ1) is 12.6. The lowest BCUT2D eigenvalue weighted by molar-refractivity contribution is -0.119. The van der Waals surface area contributed by atoms with Crippen LogP contribution in [0.5, 0.6) is 0 Å². The van der Waals surface area contributed by atoms with Crippen molar-refractivity contribution >= 4 is 44.9 Å². The standard InChI is InChI=1S/C21H17BrClNO2/c22-15-7-2-4-9-17(15)24-18-10-5-11-19(25)21(18)14(12-20(24)26)13-6-1-3-8-16(13)23/h1-4,6-9,14H,5,10-12H2. The number of carbonyl (C=O) groups is 2. The molecule has 0 N–H and O–H groups in total. The van der Waals surface area contributed by atoms with Gasteiger partial charge in [-0.15, -0.1) is 0 Å². The third kappa shape index (κ3) is 2.91. The Morgan fingerprint density at radius 2 is 1.73 bits per heavy atom. The highest BCUT2D eigenvalue weighted by Crippen LogP contribution is 2.45. The molecule has 132 valence electrons. The average Bonchev–Trinajstić information content (AvgIpc) is 2.63. The summed E-state index contributed by atoms with van der Waals surface area (Å²) in [6.07, 6.45) is 2.25. The lowest BCUT2D eigenvalue weighted by Crippen LogP contribution is -2.40. The van der Waals surface area contributed by atoms with Gasteiger partial charge in [0.2, 0.25) is 5.91 Å². The summed E-state index contributed by atoms with van der Waals surface area (Å²) in [6, 6.07) is 15.1. The molecule has 0 spiro atoms. The first-order valence-corrected chi connectivity index (χ1v) is 9.83. The van der Waals surface area contributed by atoms with E-state index >= 15 is 0 Å². The van der Waals surface area contributed by atoms with Crippen LogP contribution in [-0.4, -0.2) is 11.7 Å². The summed E-state index contributed by atoms with van der Waals surface area (Å²) < 4.78 is 0.842. The molecule has 0 aromatic heterocycles. The monoisotopic (exact) mass is 429 g/mol. The number of anilines is 1. The van der Waals surface area contributed by atoms with Gasteiger partial charge in [0.25, 0.3) is 0 Å². The minimum atomic E-state index is -0.266. The highest BCUT2D eigenvalue weighted by atomic mass is 79.9. The molecule has 4 rings (SSSR count). The number of para-hydroxylation sites is 1. The van der Waals surface area contributed by atoms with Crippen LogP contribution in [0.3, 0.4) is 0 Å². The molecule has 1 heterocycles. The smallest absolute Gasteiger partial charge is 0.232 e. The fourth-order valence-electron chi connectivity index (χ4n) is 3.93. The molecule has 1 amide bonds. The van der Waals surface area contributed by atoms with Gasteiger partial charge in [0.05, 0.1) is 5.69 Å². The second-order valence-corrected chi connectivity index (χ2v) is 7.86. The van der Waals surface area contributed by atoms with Crippen LogP contribution >= 0.6 is 27.5 Å². The number of hydrogen-bond acceptors (Lipinski definition) is 2. The van der Waals surface area contributed by atoms with Gasteiger partial charge >= 0.3 is 0 Å². The minimum Gasteiger partial charge on any atom is -0.294 e. The fraction of sp³-hybridized carbons (Fsp3) is 0.238. The van der Waals surface area contributed by atoms with Crippen molar-refractivity contribution in [2.75, 3.05) is 4.90 Å². The van der Waals surface area contributed by atoms with Crippen LogP contribution in [0.4, 0.5) is 5.69 Å². The summed E-state index contributed by atoms with van der Waals surface area (Å²) in [5.41, 5.74) is 3.23. The Morgan fingerprint density at radius 1 is 1.00 bits per heavy atom. The summed E-state index contributed by atoms with van der Waals surface area (Å²) in [5.74, 6) is -0.145. The first kappa shape index (κ1) is 17.5. The molecule has 1 unspecified atom stereocenters. The number of rotatable bonds is 2. The Morgan fingerprint density at radius 3 is 2.50 bits per heavy atom. The number of benzene rings is 2. The second-order valence-electron chi connectivity index (χ2n) is 6.60. The van der Waals surface area contributed by atoms with Crippen LogP contribution in [0.15, 0.2) is 64.3 Å². The van der Waals surface area contributed by atoms with Crippen LogP contribution in [0.25, 0.3) is 0 Å². The van der Waals surface area contributed by atoms with Gasteiger partial charge in [0.1, 0.15) is 0 Å². The molecule has 2 aromatic rings. The summed E-state index contributed by atoms with van der Waals surface area (Å²) in [6.45, 7) is 0. The van der Waals surface area contributed by atoms with Gasteiger partial charge in [-0.2, -0.15) is 0 Å². The summed E-state index contributed by atoms with van der Waals surface area (Å²) in [5, 5.41) is 0.602. The molecule has 2 aliphatic rings. The van der Waals surface area contributed by atoms with E-state index in [-0.39, 0.29) is 24.0 Å². The van der Waals surface area contributed by atoms with E-state index in [0.29, 0.717) is 11.4 Å². The maximum Gasteiger partial charge on any atom is 0.232 e. The van der Waals surface area contributed by atoms with Gasteiger partial charge in [0.15, 0.2) is 5.78 Å². The first-order valence-electron chi connectivity index (χ1n) is 8.66. The van der Waals surface area contributed by atoms with E-state index < -0.39 is 0 Å². The molecule has 5 heteroatoms. The molecule has 1 atom stereocenters. The number of Topliss-reactive ketones (excluding diaryl/α,β-unsaturated/α-hetero) is 1. The zero-order chi connectivity index (χ0) is 18.3. The van der Waals surface area contributed by atoms with Crippen LogP contribution in [-0.2, 0) is 9.59 Å². The molecule has 1 aliphatic carbocycles. The predicted octanol–water partition coefficient (Wildman–Crippen LogP) is 5.63. The van der Waals surface area contributed by atoms with Crippen molar-refractivity contribution in [1.82, 2.24) is 0 Å². The SMILES string of the molecule is O=C1CCCC2=C1C(c1ccccc1Cl)CC(=O)N2c1ccccc1Br. The van der Waals surface area contributed by atoms with E-state index in [1.54, 1.807) is 4.90 Å². The van der Waals surface area contributed by atoms with E-state index in [0.717, 1.165) is 39.8 Å². The Labute approximate surface area is 165 Å². The lowest BCUT2D eigenvalue weighted by Gasteiger charge is -2.38. The van der Waals surface area contributed by atoms with Crippen LogP contribution in [0, 0.1) is 0 Å². The van der Waals surface area contributed by atoms with Gasteiger partial charge in [-0.1, -0.05) is 41.9 Å². The third-order valence-electron chi connectivity index (χ3n) is 5.05. The number of nitrogens with zero attached hydrogens (tertiary/aromatic N) is 1. The van der Waals surface area contributed by atoms with Crippen molar-refractivity contribution in [1.29, 1.82) is 0 Å². The molecular formula is C21H17BrClNO2. The molecule has 0 saturated heterocycles. The number of ketones is 1. The van der Waals surface area contributed by atoms with Crippen molar-refractivity contribution in [2.45, 2.75) is 31.6 Å². The van der Waals surface area contributed by atoms with Gasteiger partial charge in [-0.05, 0) is 52.5 Å². The topological polar surface area (TPSA) is 37.4 Å². The third-order valence-corrected chi connectivity index (χ3v) is 6.06. The number of amides is 1. The Kier molecular flexibility index (Phi) is 4.72. The molecule has 0 saturated carbocycles. The quantitative estimate of drug-likeness (QED) is 0.619. The maximum absolute atomic E-state index is 13.1. The zero-order valence-electron chi connectivity index (χ0n) is 14.0. The summed E-state index contributed by atoms with van der Waals surface area (Å²) >= 11 is 9.94. The molecule has 26 heavy (non-hydrogen) atoms. The van der Waals surface area contributed by atoms with E-state index in [1.165, 1.54) is 0 Å². The average molecular weight is 431 g/mol.